The Labute approximate surface area is 146 Å². The van der Waals surface area contributed by atoms with Crippen molar-refractivity contribution in [2.75, 3.05) is 6.61 Å². The Kier molecular flexibility index (Phi) is 5.14. The maximum atomic E-state index is 11.6. The topological polar surface area (TPSA) is 57.7 Å². The van der Waals surface area contributed by atoms with Gasteiger partial charge in [0.15, 0.2) is 6.10 Å². The van der Waals surface area contributed by atoms with Gasteiger partial charge < -0.3 is 14.2 Å². The molecule has 3 aromatic rings. The number of benzene rings is 2. The Hall–Kier alpha value is -3.08. The molecule has 5 nitrogen and oxygen atoms in total. The molecule has 0 aliphatic heterocycles. The van der Waals surface area contributed by atoms with Gasteiger partial charge in [0.25, 0.3) is 0 Å². The van der Waals surface area contributed by atoms with Crippen molar-refractivity contribution in [1.82, 2.24) is 4.98 Å². The molecule has 0 spiro atoms. The van der Waals surface area contributed by atoms with E-state index in [1.165, 1.54) is 0 Å². The van der Waals surface area contributed by atoms with Crippen molar-refractivity contribution in [2.45, 2.75) is 20.0 Å². The predicted molar refractivity (Wildman–Crippen MR) is 95.0 cm³/mol. The molecule has 0 bridgehead atoms. The Morgan fingerprint density at radius 1 is 1.00 bits per heavy atom. The smallest absolute Gasteiger partial charge is 0.347 e. The van der Waals surface area contributed by atoms with Crippen molar-refractivity contribution >= 4 is 16.9 Å². The van der Waals surface area contributed by atoms with E-state index in [4.69, 9.17) is 14.2 Å². The summed E-state index contributed by atoms with van der Waals surface area (Å²) in [6, 6.07) is 18.7. The first-order chi connectivity index (χ1) is 12.2. The van der Waals surface area contributed by atoms with Crippen molar-refractivity contribution in [3.05, 3.63) is 60.7 Å². The molecule has 0 aliphatic carbocycles. The molecule has 1 unspecified atom stereocenters. The van der Waals surface area contributed by atoms with Crippen LogP contribution >= 0.6 is 0 Å². The second-order valence-corrected chi connectivity index (χ2v) is 5.43. The SMILES string of the molecule is CCOC(=O)C(C)Oc1ccc(Oc2ccc3ccccc3n2)cc1. The minimum absolute atomic E-state index is 0.331. The average Bonchev–Trinajstić information content (AvgIpc) is 2.63. The Morgan fingerprint density at radius 2 is 1.72 bits per heavy atom. The molecule has 0 amide bonds. The predicted octanol–water partition coefficient (Wildman–Crippen LogP) is 4.36. The first-order valence-electron chi connectivity index (χ1n) is 8.12. The lowest BCUT2D eigenvalue weighted by Crippen LogP contribution is -2.25. The number of hydrogen-bond acceptors (Lipinski definition) is 5. The number of carbonyl (C=O) groups excluding carboxylic acids is 1. The molecular formula is C20H19NO4. The Balaban J connectivity index is 1.66. The molecule has 0 fully saturated rings. The van der Waals surface area contributed by atoms with Gasteiger partial charge >= 0.3 is 5.97 Å². The van der Waals surface area contributed by atoms with Gasteiger partial charge in [-0.15, -0.1) is 0 Å². The zero-order chi connectivity index (χ0) is 17.6. The molecule has 25 heavy (non-hydrogen) atoms. The maximum absolute atomic E-state index is 11.6. The third-order valence-electron chi connectivity index (χ3n) is 3.55. The van der Waals surface area contributed by atoms with Crippen molar-refractivity contribution in [2.24, 2.45) is 0 Å². The number of pyridine rings is 1. The van der Waals surface area contributed by atoms with Crippen LogP contribution in [0.15, 0.2) is 60.7 Å². The number of hydrogen-bond donors (Lipinski definition) is 0. The van der Waals surface area contributed by atoms with E-state index in [0.29, 0.717) is 24.0 Å². The van der Waals surface area contributed by atoms with E-state index in [-0.39, 0.29) is 5.97 Å². The van der Waals surface area contributed by atoms with Crippen LogP contribution in [0.5, 0.6) is 17.4 Å². The van der Waals surface area contributed by atoms with E-state index < -0.39 is 6.10 Å². The molecule has 0 saturated heterocycles. The number of carbonyl (C=O) groups is 1. The number of nitrogens with zero attached hydrogens (tertiary/aromatic N) is 1. The lowest BCUT2D eigenvalue weighted by molar-refractivity contribution is -0.150. The zero-order valence-corrected chi connectivity index (χ0v) is 14.1. The molecule has 5 heteroatoms. The summed E-state index contributed by atoms with van der Waals surface area (Å²) in [6.45, 7) is 3.75. The quantitative estimate of drug-likeness (QED) is 0.626. The van der Waals surface area contributed by atoms with Crippen LogP contribution in [0.2, 0.25) is 0 Å². The second kappa shape index (κ2) is 7.66. The van der Waals surface area contributed by atoms with Gasteiger partial charge in [-0.3, -0.25) is 0 Å². The van der Waals surface area contributed by atoms with Crippen LogP contribution in [0.4, 0.5) is 0 Å². The number of esters is 1. The summed E-state index contributed by atoms with van der Waals surface area (Å²) in [7, 11) is 0. The van der Waals surface area contributed by atoms with Crippen LogP contribution in [0.1, 0.15) is 13.8 Å². The lowest BCUT2D eigenvalue weighted by Gasteiger charge is -2.13. The van der Waals surface area contributed by atoms with E-state index in [9.17, 15) is 4.79 Å². The molecule has 1 heterocycles. The minimum atomic E-state index is -0.658. The molecule has 0 saturated carbocycles. The molecule has 0 aliphatic rings. The van der Waals surface area contributed by atoms with Crippen LogP contribution in [0.3, 0.4) is 0 Å². The van der Waals surface area contributed by atoms with Gasteiger partial charge in [-0.2, -0.15) is 0 Å². The lowest BCUT2D eigenvalue weighted by atomic mass is 10.2. The summed E-state index contributed by atoms with van der Waals surface area (Å²) < 4.78 is 16.2. The largest absolute Gasteiger partial charge is 0.479 e. The summed E-state index contributed by atoms with van der Waals surface area (Å²) in [5.41, 5.74) is 0.878. The highest BCUT2D eigenvalue weighted by Gasteiger charge is 2.15. The first-order valence-corrected chi connectivity index (χ1v) is 8.12. The normalized spacial score (nSPS) is 11.8. The summed E-state index contributed by atoms with van der Waals surface area (Å²) in [5, 5.41) is 1.06. The first kappa shape index (κ1) is 16.8. The molecule has 1 atom stereocenters. The monoisotopic (exact) mass is 337 g/mol. The van der Waals surface area contributed by atoms with Crippen LogP contribution in [-0.4, -0.2) is 23.7 Å². The number of ether oxygens (including phenoxy) is 3. The summed E-state index contributed by atoms with van der Waals surface area (Å²) in [4.78, 5) is 16.1. The second-order valence-electron chi connectivity index (χ2n) is 5.43. The van der Waals surface area contributed by atoms with Crippen LogP contribution in [0.25, 0.3) is 10.9 Å². The fraction of sp³-hybridized carbons (Fsp3) is 0.200. The average molecular weight is 337 g/mol. The fourth-order valence-electron chi connectivity index (χ4n) is 2.32. The number of aromatic nitrogens is 1. The van der Waals surface area contributed by atoms with Gasteiger partial charge in [0.2, 0.25) is 5.88 Å². The van der Waals surface area contributed by atoms with E-state index in [2.05, 4.69) is 4.98 Å². The number of rotatable bonds is 6. The standard InChI is InChI=1S/C20H19NO4/c1-3-23-20(22)14(2)24-16-9-11-17(12-10-16)25-19-13-8-15-6-4-5-7-18(15)21-19/h4-14H,3H2,1-2H3. The third-order valence-corrected chi connectivity index (χ3v) is 3.55. The maximum Gasteiger partial charge on any atom is 0.347 e. The van der Waals surface area contributed by atoms with Gasteiger partial charge in [-0.05, 0) is 50.2 Å². The molecule has 1 aromatic heterocycles. The van der Waals surface area contributed by atoms with Gasteiger partial charge in [-0.1, -0.05) is 18.2 Å². The van der Waals surface area contributed by atoms with Crippen molar-refractivity contribution in [1.29, 1.82) is 0 Å². The molecule has 128 valence electrons. The molecule has 0 N–H and O–H groups in total. The third kappa shape index (κ3) is 4.26. The van der Waals surface area contributed by atoms with Crippen molar-refractivity contribution in [3.8, 4) is 17.4 Å². The van der Waals surface area contributed by atoms with Crippen LogP contribution in [-0.2, 0) is 9.53 Å². The van der Waals surface area contributed by atoms with E-state index >= 15 is 0 Å². The highest BCUT2D eigenvalue weighted by Crippen LogP contribution is 2.24. The Bertz CT molecular complexity index is 861. The van der Waals surface area contributed by atoms with E-state index in [0.717, 1.165) is 10.9 Å². The Morgan fingerprint density at radius 3 is 2.48 bits per heavy atom. The van der Waals surface area contributed by atoms with Crippen LogP contribution < -0.4 is 9.47 Å². The van der Waals surface area contributed by atoms with Gasteiger partial charge in [0.1, 0.15) is 11.5 Å². The highest BCUT2D eigenvalue weighted by atomic mass is 16.6. The summed E-state index contributed by atoms with van der Waals surface area (Å²) >= 11 is 0. The molecular weight excluding hydrogens is 318 g/mol. The van der Waals surface area contributed by atoms with Gasteiger partial charge in [0.05, 0.1) is 12.1 Å². The van der Waals surface area contributed by atoms with Crippen LogP contribution in [0, 0.1) is 0 Å². The zero-order valence-electron chi connectivity index (χ0n) is 14.1. The molecule has 2 aromatic carbocycles. The van der Waals surface area contributed by atoms with E-state index in [1.807, 2.05) is 36.4 Å². The van der Waals surface area contributed by atoms with Gasteiger partial charge in [0, 0.05) is 11.5 Å². The highest BCUT2D eigenvalue weighted by molar-refractivity contribution is 5.78. The van der Waals surface area contributed by atoms with Gasteiger partial charge in [-0.25, -0.2) is 9.78 Å². The number of para-hydroxylation sites is 1. The molecule has 0 radical (unpaired) electrons. The number of fused-ring (bicyclic) bond motifs is 1. The molecule has 3 rings (SSSR count). The minimum Gasteiger partial charge on any atom is -0.479 e. The fourth-order valence-corrected chi connectivity index (χ4v) is 2.32. The summed E-state index contributed by atoms with van der Waals surface area (Å²) in [5.74, 6) is 1.34. The van der Waals surface area contributed by atoms with Crippen molar-refractivity contribution < 1.29 is 19.0 Å². The van der Waals surface area contributed by atoms with Crippen molar-refractivity contribution in [3.63, 3.8) is 0 Å². The van der Waals surface area contributed by atoms with E-state index in [1.54, 1.807) is 38.1 Å². The summed E-state index contributed by atoms with van der Waals surface area (Å²) in [6.07, 6.45) is -0.658.